The van der Waals surface area contributed by atoms with E-state index in [1.54, 1.807) is 4.90 Å². The van der Waals surface area contributed by atoms with Crippen LogP contribution in [-0.2, 0) is 0 Å². The lowest BCUT2D eigenvalue weighted by Gasteiger charge is -2.32. The van der Waals surface area contributed by atoms with E-state index in [1.165, 1.54) is 0 Å². The van der Waals surface area contributed by atoms with Crippen molar-refractivity contribution in [2.24, 2.45) is 16.8 Å². The number of carbonyl (C=O) groups excluding carboxylic acids is 1. The van der Waals surface area contributed by atoms with Gasteiger partial charge in [-0.05, 0) is 19.3 Å². The number of hydrogen-bond donors (Lipinski definition) is 3. The largest absolute Gasteiger partial charge is 0.409 e. The Morgan fingerprint density at radius 3 is 3.06 bits per heavy atom. The molecular weight excluding hydrogens is 208 g/mol. The molecule has 1 unspecified atom stereocenters. The number of likely N-dealkylation sites (tertiary alicyclic amines) is 1. The Hall–Kier alpha value is -1.46. The van der Waals surface area contributed by atoms with Crippen molar-refractivity contribution in [1.82, 2.24) is 10.2 Å². The van der Waals surface area contributed by atoms with Crippen LogP contribution in [0, 0.1) is 5.92 Å². The minimum Gasteiger partial charge on any atom is -0.409 e. The average molecular weight is 228 g/mol. The van der Waals surface area contributed by atoms with Gasteiger partial charge in [-0.2, -0.15) is 0 Å². The lowest BCUT2D eigenvalue weighted by Crippen LogP contribution is -2.48. The summed E-state index contributed by atoms with van der Waals surface area (Å²) in [6, 6.07) is -0.0581. The summed E-state index contributed by atoms with van der Waals surface area (Å²) < 4.78 is 0. The van der Waals surface area contributed by atoms with E-state index in [-0.39, 0.29) is 17.8 Å². The first-order valence-corrected chi connectivity index (χ1v) is 5.69. The third-order valence-electron chi connectivity index (χ3n) is 2.77. The molecule has 6 nitrogen and oxygen atoms in total. The summed E-state index contributed by atoms with van der Waals surface area (Å²) in [5, 5.41) is 14.4. The van der Waals surface area contributed by atoms with Crippen molar-refractivity contribution in [2.45, 2.75) is 26.2 Å². The van der Waals surface area contributed by atoms with E-state index in [0.29, 0.717) is 13.1 Å². The molecule has 0 aromatic rings. The molecule has 0 saturated carbocycles. The highest BCUT2D eigenvalue weighted by Crippen LogP contribution is 2.16. The first-order chi connectivity index (χ1) is 7.69. The van der Waals surface area contributed by atoms with Gasteiger partial charge in [0.1, 0.15) is 5.84 Å². The molecule has 0 spiro atoms. The van der Waals surface area contributed by atoms with Gasteiger partial charge in [0, 0.05) is 25.6 Å². The number of amides is 2. The van der Waals surface area contributed by atoms with Gasteiger partial charge in [-0.1, -0.05) is 12.1 Å². The van der Waals surface area contributed by atoms with Crippen LogP contribution >= 0.6 is 0 Å². The Bertz CT molecular complexity index is 268. The summed E-state index contributed by atoms with van der Waals surface area (Å²) in [5.74, 6) is 0.194. The Balaban J connectivity index is 2.47. The van der Waals surface area contributed by atoms with Crippen LogP contribution in [0.25, 0.3) is 0 Å². The predicted octanol–water partition coefficient (Wildman–Crippen LogP) is 0.564. The van der Waals surface area contributed by atoms with E-state index in [4.69, 9.17) is 10.9 Å². The minimum atomic E-state index is -0.0581. The zero-order chi connectivity index (χ0) is 12.0. The SMILES string of the molecule is CCCNC(=O)N1CCCC(C(N)=NO)C1. The minimum absolute atomic E-state index is 0.0221. The zero-order valence-electron chi connectivity index (χ0n) is 9.65. The Morgan fingerprint density at radius 1 is 1.69 bits per heavy atom. The van der Waals surface area contributed by atoms with Crippen molar-refractivity contribution >= 4 is 11.9 Å². The molecule has 1 rings (SSSR count). The van der Waals surface area contributed by atoms with Gasteiger partial charge in [0.2, 0.25) is 0 Å². The third-order valence-corrected chi connectivity index (χ3v) is 2.77. The summed E-state index contributed by atoms with van der Waals surface area (Å²) in [6.45, 7) is 3.97. The molecule has 0 aromatic heterocycles. The average Bonchev–Trinajstić information content (AvgIpc) is 2.35. The van der Waals surface area contributed by atoms with Crippen LogP contribution in [0.15, 0.2) is 5.16 Å². The lowest BCUT2D eigenvalue weighted by atomic mass is 9.97. The van der Waals surface area contributed by atoms with Crippen molar-refractivity contribution in [3.63, 3.8) is 0 Å². The fourth-order valence-corrected chi connectivity index (χ4v) is 1.83. The first-order valence-electron chi connectivity index (χ1n) is 5.69. The molecule has 4 N–H and O–H groups in total. The maximum atomic E-state index is 11.7. The number of hydrogen-bond acceptors (Lipinski definition) is 3. The Kier molecular flexibility index (Phi) is 4.88. The summed E-state index contributed by atoms with van der Waals surface area (Å²) >= 11 is 0. The van der Waals surface area contributed by atoms with Crippen molar-refractivity contribution in [3.8, 4) is 0 Å². The second-order valence-electron chi connectivity index (χ2n) is 4.04. The molecule has 6 heteroatoms. The van der Waals surface area contributed by atoms with Crippen LogP contribution in [0.4, 0.5) is 4.79 Å². The number of rotatable bonds is 3. The van der Waals surface area contributed by atoms with Gasteiger partial charge >= 0.3 is 6.03 Å². The molecule has 1 heterocycles. The monoisotopic (exact) mass is 228 g/mol. The zero-order valence-corrected chi connectivity index (χ0v) is 9.65. The number of oxime groups is 1. The van der Waals surface area contributed by atoms with Crippen molar-refractivity contribution in [2.75, 3.05) is 19.6 Å². The van der Waals surface area contributed by atoms with E-state index in [2.05, 4.69) is 10.5 Å². The molecule has 0 bridgehead atoms. The maximum Gasteiger partial charge on any atom is 0.317 e. The topological polar surface area (TPSA) is 91.0 Å². The van der Waals surface area contributed by atoms with Gasteiger partial charge < -0.3 is 21.2 Å². The second kappa shape index (κ2) is 6.19. The maximum absolute atomic E-state index is 11.7. The number of piperidine rings is 1. The Labute approximate surface area is 95.5 Å². The number of amidine groups is 1. The third kappa shape index (κ3) is 3.29. The standard InChI is InChI=1S/C10H20N4O2/c1-2-5-12-10(15)14-6-3-4-8(7-14)9(11)13-16/h8,16H,2-7H2,1H3,(H2,11,13)(H,12,15). The highest BCUT2D eigenvalue weighted by atomic mass is 16.4. The smallest absolute Gasteiger partial charge is 0.317 e. The molecule has 0 aliphatic carbocycles. The van der Waals surface area contributed by atoms with Gasteiger partial charge in [-0.25, -0.2) is 4.79 Å². The van der Waals surface area contributed by atoms with Crippen molar-refractivity contribution < 1.29 is 10.0 Å². The second-order valence-corrected chi connectivity index (χ2v) is 4.04. The van der Waals surface area contributed by atoms with Crippen LogP contribution in [0.3, 0.4) is 0 Å². The molecule has 1 fully saturated rings. The Morgan fingerprint density at radius 2 is 2.44 bits per heavy atom. The number of nitrogens with zero attached hydrogens (tertiary/aromatic N) is 2. The molecular formula is C10H20N4O2. The molecule has 92 valence electrons. The molecule has 1 aliphatic heterocycles. The summed E-state index contributed by atoms with van der Waals surface area (Å²) in [6.07, 6.45) is 2.68. The molecule has 0 aromatic carbocycles. The molecule has 1 saturated heterocycles. The molecule has 16 heavy (non-hydrogen) atoms. The molecule has 2 amide bonds. The normalized spacial score (nSPS) is 21.9. The summed E-state index contributed by atoms with van der Waals surface area (Å²) in [4.78, 5) is 13.4. The van der Waals surface area contributed by atoms with Gasteiger partial charge in [0.25, 0.3) is 0 Å². The van der Waals surface area contributed by atoms with Crippen LogP contribution in [0.2, 0.25) is 0 Å². The van der Waals surface area contributed by atoms with E-state index >= 15 is 0 Å². The number of carbonyl (C=O) groups is 1. The van der Waals surface area contributed by atoms with Crippen LogP contribution < -0.4 is 11.1 Å². The van der Waals surface area contributed by atoms with Gasteiger partial charge in [-0.3, -0.25) is 0 Å². The number of urea groups is 1. The van der Waals surface area contributed by atoms with E-state index in [0.717, 1.165) is 25.8 Å². The molecule has 1 aliphatic rings. The fourth-order valence-electron chi connectivity index (χ4n) is 1.83. The fraction of sp³-hybridized carbons (Fsp3) is 0.800. The quantitative estimate of drug-likeness (QED) is 0.285. The van der Waals surface area contributed by atoms with E-state index in [9.17, 15) is 4.79 Å². The van der Waals surface area contributed by atoms with Gasteiger partial charge in [0.15, 0.2) is 0 Å². The molecule has 1 atom stereocenters. The number of nitrogens with one attached hydrogen (secondary N) is 1. The van der Waals surface area contributed by atoms with Crippen LogP contribution in [0.1, 0.15) is 26.2 Å². The van der Waals surface area contributed by atoms with E-state index < -0.39 is 0 Å². The van der Waals surface area contributed by atoms with Gasteiger partial charge in [0.05, 0.1) is 0 Å². The van der Waals surface area contributed by atoms with E-state index in [1.807, 2.05) is 6.92 Å². The highest BCUT2D eigenvalue weighted by molar-refractivity contribution is 5.83. The van der Waals surface area contributed by atoms with Crippen molar-refractivity contribution in [3.05, 3.63) is 0 Å². The molecule has 0 radical (unpaired) electrons. The number of nitrogens with two attached hydrogens (primary N) is 1. The summed E-state index contributed by atoms with van der Waals surface area (Å²) in [7, 11) is 0. The first kappa shape index (κ1) is 12.6. The van der Waals surface area contributed by atoms with Crippen LogP contribution in [-0.4, -0.2) is 41.6 Å². The predicted molar refractivity (Wildman–Crippen MR) is 61.4 cm³/mol. The van der Waals surface area contributed by atoms with Gasteiger partial charge in [-0.15, -0.1) is 0 Å². The highest BCUT2D eigenvalue weighted by Gasteiger charge is 2.25. The van der Waals surface area contributed by atoms with Crippen molar-refractivity contribution in [1.29, 1.82) is 0 Å². The van der Waals surface area contributed by atoms with Crippen LogP contribution in [0.5, 0.6) is 0 Å². The lowest BCUT2D eigenvalue weighted by molar-refractivity contribution is 0.177. The summed E-state index contributed by atoms with van der Waals surface area (Å²) in [5.41, 5.74) is 5.55.